The van der Waals surface area contributed by atoms with Gasteiger partial charge in [-0.15, -0.1) is 10.2 Å². The summed E-state index contributed by atoms with van der Waals surface area (Å²) in [5.41, 5.74) is 1.83. The Bertz CT molecular complexity index is 1120. The fourth-order valence-corrected chi connectivity index (χ4v) is 5.44. The Kier molecular flexibility index (Phi) is 6.51. The van der Waals surface area contributed by atoms with Crippen LogP contribution >= 0.6 is 23.3 Å². The van der Waals surface area contributed by atoms with Gasteiger partial charge in [-0.1, -0.05) is 11.3 Å². The number of imidazole rings is 1. The van der Waals surface area contributed by atoms with Crippen LogP contribution in [0.2, 0.25) is 0 Å². The van der Waals surface area contributed by atoms with Crippen molar-refractivity contribution in [2.24, 2.45) is 0 Å². The van der Waals surface area contributed by atoms with E-state index in [-0.39, 0.29) is 16.6 Å². The summed E-state index contributed by atoms with van der Waals surface area (Å²) in [6.45, 7) is 6.49. The van der Waals surface area contributed by atoms with E-state index in [2.05, 4.69) is 43.1 Å². The fourth-order valence-electron chi connectivity index (χ4n) is 3.94. The summed E-state index contributed by atoms with van der Waals surface area (Å²) in [6.07, 6.45) is 1.07. The van der Waals surface area contributed by atoms with Gasteiger partial charge in [0.1, 0.15) is 0 Å². The van der Waals surface area contributed by atoms with Gasteiger partial charge in [-0.3, -0.25) is 4.40 Å². The van der Waals surface area contributed by atoms with Crippen molar-refractivity contribution >= 4 is 34.5 Å². The third-order valence-electron chi connectivity index (χ3n) is 5.63. The standard InChI is InChI=1S/C20H25F2N7O2S2/c1-20(10-31-11-20)27-33-13-5-14(28-4-3-23-12(7-28)9-30-2)15-6-24-17(29(15)8-13)19-26-25-18(32-19)16(21)22/h5-6,8,12,16,23,27H,3-4,7,9-11H2,1-2H3. The quantitative estimate of drug-likeness (QED) is 0.456. The Morgan fingerprint density at radius 3 is 2.97 bits per heavy atom. The van der Waals surface area contributed by atoms with E-state index < -0.39 is 6.43 Å². The first kappa shape index (κ1) is 22.9. The highest BCUT2D eigenvalue weighted by Gasteiger charge is 2.33. The molecule has 2 aliphatic heterocycles. The summed E-state index contributed by atoms with van der Waals surface area (Å²) in [7, 11) is 1.70. The highest BCUT2D eigenvalue weighted by molar-refractivity contribution is 7.97. The zero-order chi connectivity index (χ0) is 23.0. The Labute approximate surface area is 198 Å². The molecule has 13 heteroatoms. The summed E-state index contributed by atoms with van der Waals surface area (Å²) in [5, 5.41) is 11.1. The van der Waals surface area contributed by atoms with E-state index in [0.717, 1.165) is 47.1 Å². The van der Waals surface area contributed by atoms with E-state index in [9.17, 15) is 8.78 Å². The minimum Gasteiger partial charge on any atom is -0.383 e. The molecule has 0 bridgehead atoms. The van der Waals surface area contributed by atoms with Gasteiger partial charge >= 0.3 is 0 Å². The van der Waals surface area contributed by atoms with Crippen LogP contribution in [0.25, 0.3) is 16.3 Å². The second-order valence-electron chi connectivity index (χ2n) is 8.45. The number of pyridine rings is 1. The molecule has 0 spiro atoms. The first-order valence-corrected chi connectivity index (χ1v) is 12.2. The monoisotopic (exact) mass is 497 g/mol. The molecule has 5 rings (SSSR count). The molecule has 0 radical (unpaired) electrons. The van der Waals surface area contributed by atoms with Gasteiger partial charge in [0.05, 0.1) is 42.8 Å². The van der Waals surface area contributed by atoms with Crippen LogP contribution in [0.3, 0.4) is 0 Å². The molecule has 0 aromatic carbocycles. The zero-order valence-electron chi connectivity index (χ0n) is 18.3. The Morgan fingerprint density at radius 2 is 2.27 bits per heavy atom. The van der Waals surface area contributed by atoms with Gasteiger partial charge < -0.3 is 19.7 Å². The Hall–Kier alpha value is -1.90. The average Bonchev–Trinajstić information content (AvgIpc) is 3.43. The molecule has 0 amide bonds. The fraction of sp³-hybridized carbons (Fsp3) is 0.550. The lowest BCUT2D eigenvalue weighted by Gasteiger charge is -2.38. The second-order valence-corrected chi connectivity index (χ2v) is 10.3. The van der Waals surface area contributed by atoms with E-state index in [0.29, 0.717) is 30.7 Å². The molecule has 178 valence electrons. The number of anilines is 1. The number of hydrogen-bond acceptors (Lipinski definition) is 10. The number of nitrogens with one attached hydrogen (secondary N) is 2. The van der Waals surface area contributed by atoms with Crippen LogP contribution < -0.4 is 14.9 Å². The molecule has 3 aromatic rings. The van der Waals surface area contributed by atoms with Gasteiger partial charge in [0.15, 0.2) is 15.8 Å². The lowest BCUT2D eigenvalue weighted by Crippen LogP contribution is -2.55. The van der Waals surface area contributed by atoms with Crippen LogP contribution in [0.15, 0.2) is 23.4 Å². The highest BCUT2D eigenvalue weighted by atomic mass is 32.2. The predicted molar refractivity (Wildman–Crippen MR) is 123 cm³/mol. The zero-order valence-corrected chi connectivity index (χ0v) is 19.9. The van der Waals surface area contributed by atoms with Crippen molar-refractivity contribution in [3.05, 3.63) is 23.5 Å². The minimum absolute atomic E-state index is 0.0818. The number of alkyl halides is 2. The van der Waals surface area contributed by atoms with Gasteiger partial charge in [-0.2, -0.15) is 0 Å². The smallest absolute Gasteiger partial charge is 0.291 e. The maximum atomic E-state index is 13.1. The number of piperazine rings is 1. The molecular weight excluding hydrogens is 472 g/mol. The summed E-state index contributed by atoms with van der Waals surface area (Å²) < 4.78 is 42.3. The Morgan fingerprint density at radius 1 is 1.42 bits per heavy atom. The molecular formula is C20H25F2N7O2S2. The van der Waals surface area contributed by atoms with Crippen LogP contribution in [-0.4, -0.2) is 77.7 Å². The highest BCUT2D eigenvalue weighted by Crippen LogP contribution is 2.35. The lowest BCUT2D eigenvalue weighted by atomic mass is 10.0. The van der Waals surface area contributed by atoms with Crippen molar-refractivity contribution in [2.45, 2.75) is 29.8 Å². The first-order valence-electron chi connectivity index (χ1n) is 10.6. The topological polar surface area (TPSA) is 88.8 Å². The van der Waals surface area contributed by atoms with Crippen LogP contribution in [0.4, 0.5) is 14.5 Å². The molecule has 1 atom stereocenters. The van der Waals surface area contributed by atoms with Crippen LogP contribution in [0.5, 0.6) is 0 Å². The van der Waals surface area contributed by atoms with Crippen LogP contribution in [0, 0.1) is 0 Å². The Balaban J connectivity index is 1.53. The lowest BCUT2D eigenvalue weighted by molar-refractivity contribution is -0.0510. The third-order valence-corrected chi connectivity index (χ3v) is 7.61. The van der Waals surface area contributed by atoms with Crippen molar-refractivity contribution < 1.29 is 18.3 Å². The summed E-state index contributed by atoms with van der Waals surface area (Å²) in [5.74, 6) is 0.500. The van der Waals surface area contributed by atoms with Gasteiger partial charge in [-0.05, 0) is 24.9 Å². The number of aromatic nitrogens is 4. The molecule has 5 heterocycles. The molecule has 9 nitrogen and oxygen atoms in total. The molecule has 2 N–H and O–H groups in total. The van der Waals surface area contributed by atoms with Crippen molar-refractivity contribution in [3.8, 4) is 10.8 Å². The molecule has 0 saturated carbocycles. The molecule has 1 unspecified atom stereocenters. The number of fused-ring (bicyclic) bond motifs is 1. The third kappa shape index (κ3) is 4.70. The van der Waals surface area contributed by atoms with Crippen molar-refractivity contribution in [2.75, 3.05) is 51.5 Å². The number of nitrogens with zero attached hydrogens (tertiary/aromatic N) is 5. The summed E-state index contributed by atoms with van der Waals surface area (Å²) >= 11 is 2.39. The number of hydrogen-bond donors (Lipinski definition) is 2. The van der Waals surface area contributed by atoms with Gasteiger partial charge in [-0.25, -0.2) is 18.5 Å². The van der Waals surface area contributed by atoms with Crippen molar-refractivity contribution in [1.29, 1.82) is 0 Å². The molecule has 2 aliphatic rings. The minimum atomic E-state index is -2.66. The van der Waals surface area contributed by atoms with Crippen LogP contribution in [0.1, 0.15) is 18.4 Å². The normalized spacial score (nSPS) is 20.5. The van der Waals surface area contributed by atoms with E-state index in [1.807, 2.05) is 10.6 Å². The summed E-state index contributed by atoms with van der Waals surface area (Å²) in [4.78, 5) is 7.82. The van der Waals surface area contributed by atoms with Gasteiger partial charge in [0.2, 0.25) is 0 Å². The molecule has 2 fully saturated rings. The molecule has 0 aliphatic carbocycles. The van der Waals surface area contributed by atoms with E-state index >= 15 is 0 Å². The SMILES string of the molecule is COCC1CN(c2cc(SNC3(C)COC3)cn3c(-c4nnc(C(F)F)s4)ncc23)CCN1. The molecule has 3 aromatic heterocycles. The van der Waals surface area contributed by atoms with Gasteiger partial charge in [0.25, 0.3) is 6.43 Å². The van der Waals surface area contributed by atoms with Gasteiger partial charge in [0, 0.05) is 43.9 Å². The van der Waals surface area contributed by atoms with Crippen molar-refractivity contribution in [3.63, 3.8) is 0 Å². The number of halogens is 2. The maximum Gasteiger partial charge on any atom is 0.291 e. The number of rotatable bonds is 8. The summed E-state index contributed by atoms with van der Waals surface area (Å²) in [6, 6.07) is 2.35. The van der Waals surface area contributed by atoms with Crippen LogP contribution in [-0.2, 0) is 9.47 Å². The van der Waals surface area contributed by atoms with E-state index in [1.165, 1.54) is 11.9 Å². The van der Waals surface area contributed by atoms with Crippen molar-refractivity contribution in [1.82, 2.24) is 29.6 Å². The number of ether oxygens (including phenoxy) is 2. The average molecular weight is 498 g/mol. The maximum absolute atomic E-state index is 13.1. The van der Waals surface area contributed by atoms with E-state index in [1.54, 1.807) is 13.3 Å². The number of methoxy groups -OCH3 is 1. The molecule has 33 heavy (non-hydrogen) atoms. The molecule has 2 saturated heterocycles. The van der Waals surface area contributed by atoms with E-state index in [4.69, 9.17) is 9.47 Å². The second kappa shape index (κ2) is 9.39. The first-order chi connectivity index (χ1) is 16.0. The largest absolute Gasteiger partial charge is 0.383 e. The predicted octanol–water partition coefficient (Wildman–Crippen LogP) is 2.60.